The van der Waals surface area contributed by atoms with E-state index in [1.54, 1.807) is 17.6 Å². The van der Waals surface area contributed by atoms with Crippen LogP contribution in [-0.4, -0.2) is 51.6 Å². The van der Waals surface area contributed by atoms with E-state index < -0.39 is 0 Å². The molecule has 1 saturated heterocycles. The highest BCUT2D eigenvalue weighted by molar-refractivity contribution is 5.73. The van der Waals surface area contributed by atoms with Gasteiger partial charge < -0.3 is 9.80 Å². The first kappa shape index (κ1) is 11.0. The van der Waals surface area contributed by atoms with Gasteiger partial charge in [-0.05, 0) is 6.07 Å². The van der Waals surface area contributed by atoms with Crippen molar-refractivity contribution in [1.29, 1.82) is 0 Å². The topological polar surface area (TPSA) is 53.7 Å². The average molecular weight is 245 g/mol. The van der Waals surface area contributed by atoms with Crippen LogP contribution < -0.4 is 4.90 Å². The minimum Gasteiger partial charge on any atom is -0.353 e. The van der Waals surface area contributed by atoms with Crippen molar-refractivity contribution in [2.24, 2.45) is 0 Å². The highest BCUT2D eigenvalue weighted by Crippen LogP contribution is 2.14. The number of rotatable bonds is 1. The zero-order chi connectivity index (χ0) is 12.5. The van der Waals surface area contributed by atoms with Gasteiger partial charge in [0.25, 0.3) is 0 Å². The Morgan fingerprint density at radius 3 is 2.72 bits per heavy atom. The van der Waals surface area contributed by atoms with E-state index in [0.29, 0.717) is 0 Å². The van der Waals surface area contributed by atoms with Gasteiger partial charge in [-0.15, -0.1) is 0 Å². The summed E-state index contributed by atoms with van der Waals surface area (Å²) in [6, 6.07) is 3.85. The number of nitrogens with zero attached hydrogens (tertiary/aromatic N) is 5. The second kappa shape index (κ2) is 4.29. The van der Waals surface area contributed by atoms with Crippen LogP contribution in [0.5, 0.6) is 0 Å². The van der Waals surface area contributed by atoms with E-state index in [1.165, 1.54) is 0 Å². The van der Waals surface area contributed by atoms with Crippen LogP contribution in [0.3, 0.4) is 0 Å². The molecule has 3 heterocycles. The highest BCUT2D eigenvalue weighted by atomic mass is 16.2. The monoisotopic (exact) mass is 245 g/mol. The summed E-state index contributed by atoms with van der Waals surface area (Å²) in [7, 11) is 0. The minimum atomic E-state index is 0.147. The van der Waals surface area contributed by atoms with Crippen LogP contribution in [-0.2, 0) is 4.79 Å². The molecule has 0 spiro atoms. The summed E-state index contributed by atoms with van der Waals surface area (Å²) >= 11 is 0. The Hall–Kier alpha value is -2.11. The van der Waals surface area contributed by atoms with E-state index in [0.717, 1.165) is 37.6 Å². The lowest BCUT2D eigenvalue weighted by Gasteiger charge is -2.34. The summed E-state index contributed by atoms with van der Waals surface area (Å²) < 4.78 is 1.75. The van der Waals surface area contributed by atoms with Gasteiger partial charge >= 0.3 is 0 Å². The van der Waals surface area contributed by atoms with Crippen LogP contribution in [0.1, 0.15) is 6.92 Å². The predicted octanol–water partition coefficient (Wildman–Crippen LogP) is 0.398. The molecule has 1 aliphatic heterocycles. The second-order valence-electron chi connectivity index (χ2n) is 4.41. The molecule has 6 nitrogen and oxygen atoms in total. The third-order valence-electron chi connectivity index (χ3n) is 3.29. The molecule has 94 valence electrons. The van der Waals surface area contributed by atoms with Crippen LogP contribution in [0.15, 0.2) is 24.5 Å². The van der Waals surface area contributed by atoms with Crippen molar-refractivity contribution in [2.45, 2.75) is 6.92 Å². The van der Waals surface area contributed by atoms with Crippen molar-refractivity contribution in [3.8, 4) is 0 Å². The molecule has 1 fully saturated rings. The number of carbonyl (C=O) groups excluding carboxylic acids is 1. The first-order chi connectivity index (χ1) is 8.74. The van der Waals surface area contributed by atoms with Gasteiger partial charge in [0, 0.05) is 45.4 Å². The molecule has 6 heteroatoms. The predicted molar refractivity (Wildman–Crippen MR) is 67.5 cm³/mol. The maximum atomic E-state index is 11.3. The molecule has 0 bridgehead atoms. The number of fused-ring (bicyclic) bond motifs is 1. The molecule has 0 unspecified atom stereocenters. The standard InChI is InChI=1S/C12H15N5O/c1-10(18)15-6-8-16(9-7-15)11-3-5-17-12(14-11)2-4-13-17/h2-5H,6-9H2,1H3. The molecule has 1 aliphatic rings. The number of hydrogen-bond donors (Lipinski definition) is 0. The lowest BCUT2D eigenvalue weighted by molar-refractivity contribution is -0.129. The van der Waals surface area contributed by atoms with E-state index in [-0.39, 0.29) is 5.91 Å². The molecule has 2 aromatic rings. The Labute approximate surface area is 105 Å². The lowest BCUT2D eigenvalue weighted by atomic mass is 10.3. The Kier molecular flexibility index (Phi) is 2.62. The molecule has 18 heavy (non-hydrogen) atoms. The van der Waals surface area contributed by atoms with Crippen molar-refractivity contribution in [2.75, 3.05) is 31.1 Å². The molecule has 0 aromatic carbocycles. The van der Waals surface area contributed by atoms with Crippen LogP contribution in [0, 0.1) is 0 Å². The third kappa shape index (κ3) is 1.90. The second-order valence-corrected chi connectivity index (χ2v) is 4.41. The Bertz CT molecular complexity index is 571. The largest absolute Gasteiger partial charge is 0.353 e. The zero-order valence-electron chi connectivity index (χ0n) is 10.3. The smallest absolute Gasteiger partial charge is 0.219 e. The van der Waals surface area contributed by atoms with E-state index in [4.69, 9.17) is 0 Å². The SMILES string of the molecule is CC(=O)N1CCN(c2ccn3nccc3n2)CC1. The van der Waals surface area contributed by atoms with Crippen molar-refractivity contribution < 1.29 is 4.79 Å². The molecule has 0 aliphatic carbocycles. The molecular formula is C12H15N5O. The Morgan fingerprint density at radius 1 is 1.22 bits per heavy atom. The van der Waals surface area contributed by atoms with Gasteiger partial charge in [0.05, 0.1) is 6.20 Å². The fraction of sp³-hybridized carbons (Fsp3) is 0.417. The van der Waals surface area contributed by atoms with Crippen LogP contribution in [0.25, 0.3) is 5.65 Å². The van der Waals surface area contributed by atoms with Gasteiger partial charge in [0.1, 0.15) is 5.82 Å². The highest BCUT2D eigenvalue weighted by Gasteiger charge is 2.19. The zero-order valence-corrected chi connectivity index (χ0v) is 10.3. The Balaban J connectivity index is 1.77. The summed E-state index contributed by atoms with van der Waals surface area (Å²) in [5, 5.41) is 4.12. The molecular weight excluding hydrogens is 230 g/mol. The van der Waals surface area contributed by atoms with Crippen LogP contribution in [0.2, 0.25) is 0 Å². The quantitative estimate of drug-likeness (QED) is 0.729. The number of piperazine rings is 1. The summed E-state index contributed by atoms with van der Waals surface area (Å²) in [5.41, 5.74) is 0.849. The van der Waals surface area contributed by atoms with Crippen molar-refractivity contribution in [1.82, 2.24) is 19.5 Å². The average Bonchev–Trinajstić information content (AvgIpc) is 2.86. The summed E-state index contributed by atoms with van der Waals surface area (Å²) in [4.78, 5) is 19.9. The van der Waals surface area contributed by atoms with Gasteiger partial charge in [-0.3, -0.25) is 4.79 Å². The van der Waals surface area contributed by atoms with Gasteiger partial charge in [-0.25, -0.2) is 9.50 Å². The number of hydrogen-bond acceptors (Lipinski definition) is 4. The summed E-state index contributed by atoms with van der Waals surface area (Å²) in [6.07, 6.45) is 3.65. The maximum Gasteiger partial charge on any atom is 0.219 e. The molecule has 2 aromatic heterocycles. The molecule has 1 amide bonds. The minimum absolute atomic E-state index is 0.147. The molecule has 0 radical (unpaired) electrons. The first-order valence-corrected chi connectivity index (χ1v) is 6.05. The van der Waals surface area contributed by atoms with Crippen LogP contribution >= 0.6 is 0 Å². The summed E-state index contributed by atoms with van der Waals surface area (Å²) in [6.45, 7) is 4.81. The van der Waals surface area contributed by atoms with E-state index in [9.17, 15) is 4.79 Å². The van der Waals surface area contributed by atoms with Crippen LogP contribution in [0.4, 0.5) is 5.82 Å². The first-order valence-electron chi connectivity index (χ1n) is 6.05. The fourth-order valence-electron chi connectivity index (χ4n) is 2.23. The molecule has 0 N–H and O–H groups in total. The van der Waals surface area contributed by atoms with Gasteiger partial charge in [0.2, 0.25) is 5.91 Å². The lowest BCUT2D eigenvalue weighted by Crippen LogP contribution is -2.48. The number of carbonyl (C=O) groups is 1. The molecule has 3 rings (SSSR count). The molecule has 0 saturated carbocycles. The van der Waals surface area contributed by atoms with Gasteiger partial charge in [-0.1, -0.05) is 0 Å². The van der Waals surface area contributed by atoms with Crippen molar-refractivity contribution in [3.63, 3.8) is 0 Å². The van der Waals surface area contributed by atoms with Gasteiger partial charge in [0.15, 0.2) is 5.65 Å². The normalized spacial score (nSPS) is 16.3. The number of amides is 1. The van der Waals surface area contributed by atoms with Gasteiger partial charge in [-0.2, -0.15) is 5.10 Å². The van der Waals surface area contributed by atoms with Crippen molar-refractivity contribution in [3.05, 3.63) is 24.5 Å². The maximum absolute atomic E-state index is 11.3. The fourth-order valence-corrected chi connectivity index (χ4v) is 2.23. The number of aromatic nitrogens is 3. The molecule has 0 atom stereocenters. The van der Waals surface area contributed by atoms with E-state index in [1.807, 2.05) is 23.2 Å². The van der Waals surface area contributed by atoms with E-state index in [2.05, 4.69) is 15.0 Å². The Morgan fingerprint density at radius 2 is 2.00 bits per heavy atom. The van der Waals surface area contributed by atoms with E-state index >= 15 is 0 Å². The summed E-state index contributed by atoms with van der Waals surface area (Å²) in [5.74, 6) is 1.10. The van der Waals surface area contributed by atoms with Crippen molar-refractivity contribution >= 4 is 17.4 Å². The third-order valence-corrected chi connectivity index (χ3v) is 3.29. The number of anilines is 1.